The number of benzene rings is 1. The third kappa shape index (κ3) is 3.91. The molecule has 0 spiro atoms. The number of non-ortho nitro benzene ring substituents is 1. The van der Waals surface area contributed by atoms with Crippen LogP contribution in [0, 0.1) is 10.1 Å². The Labute approximate surface area is 121 Å². The van der Waals surface area contributed by atoms with Crippen LogP contribution in [0.1, 0.15) is 18.9 Å². The summed E-state index contributed by atoms with van der Waals surface area (Å²) in [5, 5.41) is 18.1. The van der Waals surface area contributed by atoms with Gasteiger partial charge in [0, 0.05) is 17.7 Å². The summed E-state index contributed by atoms with van der Waals surface area (Å²) >= 11 is 0. The molecular weight excluding hydrogens is 302 g/mol. The zero-order chi connectivity index (χ0) is 16.2. The number of nitro benzene ring substituents is 1. The van der Waals surface area contributed by atoms with Gasteiger partial charge in [0.2, 0.25) is 0 Å². The van der Waals surface area contributed by atoms with Gasteiger partial charge < -0.3 is 9.84 Å². The van der Waals surface area contributed by atoms with Gasteiger partial charge in [-0.05, 0) is 12.5 Å². The molecule has 0 saturated carbocycles. The number of nitro groups is 1. The zero-order valence-electron chi connectivity index (χ0n) is 11.5. The molecule has 21 heavy (non-hydrogen) atoms. The molecule has 0 amide bonds. The lowest BCUT2D eigenvalue weighted by Gasteiger charge is -2.13. The van der Waals surface area contributed by atoms with Crippen LogP contribution in [0.2, 0.25) is 0 Å². The lowest BCUT2D eigenvalue weighted by Crippen LogP contribution is -2.30. The van der Waals surface area contributed by atoms with E-state index in [-0.39, 0.29) is 23.4 Å². The Balaban J connectivity index is 3.25. The standard InChI is InChI=1S/C12H15NO7S/c1-3-11(12(14)15)21(18,19)7-8-6-9(13(16)17)4-5-10(8)20-2/h4-6,11H,3,7H2,1-2H3,(H,14,15). The van der Waals surface area contributed by atoms with Crippen molar-refractivity contribution < 1.29 is 28.0 Å². The molecule has 0 radical (unpaired) electrons. The van der Waals surface area contributed by atoms with E-state index in [1.54, 1.807) is 0 Å². The first-order valence-electron chi connectivity index (χ1n) is 5.98. The van der Waals surface area contributed by atoms with Crippen LogP contribution in [0.25, 0.3) is 0 Å². The molecule has 9 heteroatoms. The van der Waals surface area contributed by atoms with Crippen molar-refractivity contribution in [3.05, 3.63) is 33.9 Å². The molecule has 1 aromatic carbocycles. The van der Waals surface area contributed by atoms with Crippen LogP contribution in [0.4, 0.5) is 5.69 Å². The Morgan fingerprint density at radius 1 is 1.48 bits per heavy atom. The van der Waals surface area contributed by atoms with E-state index in [1.807, 2.05) is 0 Å². The van der Waals surface area contributed by atoms with Crippen LogP contribution >= 0.6 is 0 Å². The van der Waals surface area contributed by atoms with Crippen LogP contribution in [0.3, 0.4) is 0 Å². The van der Waals surface area contributed by atoms with Gasteiger partial charge in [-0.3, -0.25) is 14.9 Å². The maximum Gasteiger partial charge on any atom is 0.321 e. The number of carboxylic acids is 1. The zero-order valence-corrected chi connectivity index (χ0v) is 12.3. The van der Waals surface area contributed by atoms with Gasteiger partial charge in [-0.25, -0.2) is 8.42 Å². The first-order chi connectivity index (χ1) is 9.72. The first kappa shape index (κ1) is 16.9. The van der Waals surface area contributed by atoms with Crippen molar-refractivity contribution in [2.75, 3.05) is 7.11 Å². The number of methoxy groups -OCH3 is 1. The average Bonchev–Trinajstić information content (AvgIpc) is 2.37. The molecule has 1 aromatic rings. The summed E-state index contributed by atoms with van der Waals surface area (Å²) in [4.78, 5) is 21.1. The molecule has 116 valence electrons. The summed E-state index contributed by atoms with van der Waals surface area (Å²) in [7, 11) is -2.70. The normalized spacial score (nSPS) is 12.7. The third-order valence-electron chi connectivity index (χ3n) is 2.91. The van der Waals surface area contributed by atoms with Gasteiger partial charge in [0.15, 0.2) is 15.1 Å². The van der Waals surface area contributed by atoms with Gasteiger partial charge >= 0.3 is 5.97 Å². The topological polar surface area (TPSA) is 124 Å². The van der Waals surface area contributed by atoms with Gasteiger partial charge in [0.25, 0.3) is 5.69 Å². The van der Waals surface area contributed by atoms with E-state index in [9.17, 15) is 23.3 Å². The van der Waals surface area contributed by atoms with Crippen LogP contribution in [-0.4, -0.2) is 36.8 Å². The highest BCUT2D eigenvalue weighted by molar-refractivity contribution is 7.92. The van der Waals surface area contributed by atoms with Crippen LogP contribution in [0.5, 0.6) is 5.75 Å². The fraction of sp³-hybridized carbons (Fsp3) is 0.417. The maximum atomic E-state index is 12.1. The number of ether oxygens (including phenoxy) is 1. The predicted molar refractivity (Wildman–Crippen MR) is 74.0 cm³/mol. The smallest absolute Gasteiger partial charge is 0.321 e. The second kappa shape index (κ2) is 6.53. The Bertz CT molecular complexity index is 654. The Hall–Kier alpha value is -2.16. The minimum absolute atomic E-state index is 0.0615. The second-order valence-electron chi connectivity index (χ2n) is 4.30. The molecule has 8 nitrogen and oxygen atoms in total. The van der Waals surface area contributed by atoms with Crippen LogP contribution < -0.4 is 4.74 Å². The van der Waals surface area contributed by atoms with Crippen LogP contribution in [0.15, 0.2) is 18.2 Å². The molecular formula is C12H15NO7S. The largest absolute Gasteiger partial charge is 0.496 e. The van der Waals surface area contributed by atoms with E-state index in [0.29, 0.717) is 0 Å². The maximum absolute atomic E-state index is 12.1. The van der Waals surface area contributed by atoms with E-state index in [0.717, 1.165) is 6.07 Å². The van der Waals surface area contributed by atoms with Gasteiger partial charge in [0.1, 0.15) is 5.75 Å². The van der Waals surface area contributed by atoms with E-state index in [4.69, 9.17) is 9.84 Å². The highest BCUT2D eigenvalue weighted by Crippen LogP contribution is 2.27. The highest BCUT2D eigenvalue weighted by Gasteiger charge is 2.32. The lowest BCUT2D eigenvalue weighted by atomic mass is 10.2. The van der Waals surface area contributed by atoms with E-state index < -0.39 is 31.7 Å². The van der Waals surface area contributed by atoms with Crippen molar-refractivity contribution in [3.8, 4) is 5.75 Å². The first-order valence-corrected chi connectivity index (χ1v) is 7.70. The van der Waals surface area contributed by atoms with Crippen molar-refractivity contribution in [1.82, 2.24) is 0 Å². The van der Waals surface area contributed by atoms with Gasteiger partial charge in [-0.1, -0.05) is 6.92 Å². The van der Waals surface area contributed by atoms with Gasteiger partial charge in [0.05, 0.1) is 17.8 Å². The number of hydrogen-bond donors (Lipinski definition) is 1. The van der Waals surface area contributed by atoms with E-state index in [1.165, 1.54) is 26.2 Å². The number of hydrogen-bond acceptors (Lipinski definition) is 6. The molecule has 0 saturated heterocycles. The monoisotopic (exact) mass is 317 g/mol. The van der Waals surface area contributed by atoms with Crippen molar-refractivity contribution in [2.24, 2.45) is 0 Å². The second-order valence-corrected chi connectivity index (χ2v) is 6.48. The average molecular weight is 317 g/mol. The summed E-state index contributed by atoms with van der Waals surface area (Å²) in [5.41, 5.74) is -0.226. The van der Waals surface area contributed by atoms with E-state index in [2.05, 4.69) is 0 Å². The Morgan fingerprint density at radius 3 is 2.52 bits per heavy atom. The molecule has 0 aromatic heterocycles. The number of rotatable bonds is 7. The van der Waals surface area contributed by atoms with Gasteiger partial charge in [-0.2, -0.15) is 0 Å². The van der Waals surface area contributed by atoms with Crippen molar-refractivity contribution in [3.63, 3.8) is 0 Å². The minimum Gasteiger partial charge on any atom is -0.496 e. The highest BCUT2D eigenvalue weighted by atomic mass is 32.2. The number of sulfone groups is 1. The molecule has 0 aliphatic heterocycles. The molecule has 1 atom stereocenters. The van der Waals surface area contributed by atoms with Crippen molar-refractivity contribution in [2.45, 2.75) is 24.3 Å². The molecule has 0 bridgehead atoms. The molecule has 1 N–H and O–H groups in total. The molecule has 0 fully saturated rings. The summed E-state index contributed by atoms with van der Waals surface area (Å²) in [6, 6.07) is 3.54. The molecule has 0 heterocycles. The molecule has 0 aliphatic carbocycles. The Kier molecular flexibility index (Phi) is 5.25. The predicted octanol–water partition coefficient (Wildman–Crippen LogP) is 1.38. The number of carboxylic acid groups (broad SMARTS) is 1. The summed E-state index contributed by atoms with van der Waals surface area (Å²) in [6.45, 7) is 1.45. The lowest BCUT2D eigenvalue weighted by molar-refractivity contribution is -0.384. The van der Waals surface area contributed by atoms with Crippen molar-refractivity contribution in [1.29, 1.82) is 0 Å². The summed E-state index contributed by atoms with van der Waals surface area (Å²) in [5.74, 6) is -1.92. The SMILES string of the molecule is CCC(C(=O)O)S(=O)(=O)Cc1cc([N+](=O)[O-])ccc1OC. The molecule has 0 aliphatic rings. The summed E-state index contributed by atoms with van der Waals surface area (Å²) in [6.07, 6.45) is -0.0884. The number of nitrogens with zero attached hydrogens (tertiary/aromatic N) is 1. The summed E-state index contributed by atoms with van der Waals surface area (Å²) < 4.78 is 29.2. The molecule has 1 unspecified atom stereocenters. The van der Waals surface area contributed by atoms with Gasteiger partial charge in [-0.15, -0.1) is 0 Å². The Morgan fingerprint density at radius 2 is 2.10 bits per heavy atom. The fourth-order valence-corrected chi connectivity index (χ4v) is 3.57. The van der Waals surface area contributed by atoms with Crippen molar-refractivity contribution >= 4 is 21.5 Å². The fourth-order valence-electron chi connectivity index (χ4n) is 1.89. The van der Waals surface area contributed by atoms with Crippen LogP contribution in [-0.2, 0) is 20.4 Å². The number of aliphatic carboxylic acids is 1. The van der Waals surface area contributed by atoms with E-state index >= 15 is 0 Å². The minimum atomic E-state index is -4.00. The quantitative estimate of drug-likeness (QED) is 0.595. The molecule has 1 rings (SSSR count). The third-order valence-corrected chi connectivity index (χ3v) is 5.03. The number of carbonyl (C=O) groups is 1.